The van der Waals surface area contributed by atoms with Crippen LogP contribution in [0.3, 0.4) is 0 Å². The first-order chi connectivity index (χ1) is 16.0. The van der Waals surface area contributed by atoms with E-state index in [1.54, 1.807) is 0 Å². The van der Waals surface area contributed by atoms with E-state index in [0.717, 1.165) is 47.3 Å². The molecule has 2 aromatic carbocycles. The van der Waals surface area contributed by atoms with Gasteiger partial charge < -0.3 is 9.80 Å². The van der Waals surface area contributed by atoms with Crippen molar-refractivity contribution < 1.29 is 9.59 Å². The van der Waals surface area contributed by atoms with Gasteiger partial charge in [-0.25, -0.2) is 4.68 Å². The van der Waals surface area contributed by atoms with Crippen LogP contribution in [0.2, 0.25) is 0 Å². The van der Waals surface area contributed by atoms with Crippen LogP contribution in [0.5, 0.6) is 0 Å². The molecule has 1 saturated carbocycles. The van der Waals surface area contributed by atoms with Crippen molar-refractivity contribution in [2.45, 2.75) is 45.2 Å². The number of amides is 2. The maximum Gasteiger partial charge on any atom is 0.273 e. The summed E-state index contributed by atoms with van der Waals surface area (Å²) >= 11 is 0. The Morgan fingerprint density at radius 1 is 0.970 bits per heavy atom. The van der Waals surface area contributed by atoms with Crippen LogP contribution in [0.1, 0.15) is 63.0 Å². The molecular formula is C27H28N4O2. The molecule has 33 heavy (non-hydrogen) atoms. The highest BCUT2D eigenvalue weighted by atomic mass is 16.2. The van der Waals surface area contributed by atoms with Gasteiger partial charge in [0.25, 0.3) is 11.8 Å². The average molecular weight is 441 g/mol. The molecular weight excluding hydrogens is 412 g/mol. The fraction of sp³-hybridized carbons (Fsp3) is 0.370. The number of benzene rings is 2. The predicted molar refractivity (Wildman–Crippen MR) is 125 cm³/mol. The number of para-hydroxylation sites is 1. The van der Waals surface area contributed by atoms with Crippen LogP contribution >= 0.6 is 0 Å². The number of hydrogen-bond donors (Lipinski definition) is 0. The molecule has 1 aliphatic carbocycles. The monoisotopic (exact) mass is 440 g/mol. The predicted octanol–water partition coefficient (Wildman–Crippen LogP) is 4.31. The van der Waals surface area contributed by atoms with Crippen molar-refractivity contribution in [2.75, 3.05) is 13.1 Å². The summed E-state index contributed by atoms with van der Waals surface area (Å²) in [5.74, 6) is 0.611. The Hall–Kier alpha value is -3.41. The highest BCUT2D eigenvalue weighted by molar-refractivity contribution is 5.99. The standard InChI is InChI=1S/C27H28N4O2/c1-17-8-6-7-11-22(17)26(32)29-15-14-21(16-29)30-24(19-12-13-19)23-18(2)28-31(25(23)27(30)33)20-9-4-3-5-10-20/h3-11,19,21,24H,12-16H2,1-2H3. The van der Waals surface area contributed by atoms with Gasteiger partial charge in [-0.3, -0.25) is 9.59 Å². The second kappa shape index (κ2) is 7.58. The summed E-state index contributed by atoms with van der Waals surface area (Å²) in [5.41, 5.74) is 5.39. The van der Waals surface area contributed by atoms with Gasteiger partial charge in [-0.1, -0.05) is 36.4 Å². The number of carbonyl (C=O) groups excluding carboxylic acids is 2. The molecule has 1 aromatic heterocycles. The van der Waals surface area contributed by atoms with Crippen LogP contribution < -0.4 is 0 Å². The lowest BCUT2D eigenvalue weighted by Gasteiger charge is -2.31. The first-order valence-corrected chi connectivity index (χ1v) is 11.9. The summed E-state index contributed by atoms with van der Waals surface area (Å²) in [7, 11) is 0. The van der Waals surface area contributed by atoms with Crippen molar-refractivity contribution in [3.63, 3.8) is 0 Å². The van der Waals surface area contributed by atoms with E-state index in [4.69, 9.17) is 5.10 Å². The topological polar surface area (TPSA) is 58.4 Å². The molecule has 0 radical (unpaired) electrons. The molecule has 6 rings (SSSR count). The number of aromatic nitrogens is 2. The van der Waals surface area contributed by atoms with Gasteiger partial charge in [0.2, 0.25) is 0 Å². The second-order valence-electron chi connectivity index (χ2n) is 9.60. The highest BCUT2D eigenvalue weighted by Gasteiger charge is 2.52. The van der Waals surface area contributed by atoms with Gasteiger partial charge in [-0.05, 0) is 62.8 Å². The van der Waals surface area contributed by atoms with E-state index in [9.17, 15) is 9.59 Å². The van der Waals surface area contributed by atoms with E-state index in [2.05, 4.69) is 4.90 Å². The van der Waals surface area contributed by atoms with Gasteiger partial charge in [0.1, 0.15) is 5.69 Å². The first-order valence-electron chi connectivity index (χ1n) is 11.9. The van der Waals surface area contributed by atoms with Crippen molar-refractivity contribution in [2.24, 2.45) is 5.92 Å². The van der Waals surface area contributed by atoms with E-state index in [0.29, 0.717) is 24.7 Å². The highest BCUT2D eigenvalue weighted by Crippen LogP contribution is 2.52. The summed E-state index contributed by atoms with van der Waals surface area (Å²) in [6.45, 7) is 5.26. The molecule has 168 valence electrons. The maximum absolute atomic E-state index is 13.9. The summed E-state index contributed by atoms with van der Waals surface area (Å²) < 4.78 is 1.83. The van der Waals surface area contributed by atoms with E-state index < -0.39 is 0 Å². The number of carbonyl (C=O) groups is 2. The van der Waals surface area contributed by atoms with Crippen molar-refractivity contribution in [3.05, 3.63) is 82.7 Å². The zero-order chi connectivity index (χ0) is 22.7. The Bertz CT molecular complexity index is 1240. The average Bonchev–Trinajstić information content (AvgIpc) is 3.33. The van der Waals surface area contributed by atoms with E-state index in [1.807, 2.05) is 78.0 Å². The van der Waals surface area contributed by atoms with E-state index >= 15 is 0 Å². The summed E-state index contributed by atoms with van der Waals surface area (Å²) in [6, 6.07) is 17.7. The van der Waals surface area contributed by atoms with Crippen LogP contribution in [-0.4, -0.2) is 50.5 Å². The molecule has 3 heterocycles. The van der Waals surface area contributed by atoms with Gasteiger partial charge in [0.05, 0.1) is 23.5 Å². The third-order valence-electron chi connectivity index (χ3n) is 7.43. The van der Waals surface area contributed by atoms with E-state index in [-0.39, 0.29) is 23.9 Å². The number of likely N-dealkylation sites (tertiary alicyclic amines) is 1. The zero-order valence-corrected chi connectivity index (χ0v) is 19.1. The Morgan fingerprint density at radius 2 is 1.70 bits per heavy atom. The summed E-state index contributed by atoms with van der Waals surface area (Å²) in [6.07, 6.45) is 3.10. The smallest absolute Gasteiger partial charge is 0.273 e. The normalized spacial score (nSPS) is 22.2. The minimum atomic E-state index is 0.0343. The van der Waals surface area contributed by atoms with Crippen molar-refractivity contribution in [1.82, 2.24) is 19.6 Å². The molecule has 2 amide bonds. The van der Waals surface area contributed by atoms with Gasteiger partial charge in [0.15, 0.2) is 0 Å². The summed E-state index contributed by atoms with van der Waals surface area (Å²) in [4.78, 5) is 31.1. The quantitative estimate of drug-likeness (QED) is 0.607. The number of rotatable bonds is 4. The van der Waals surface area contributed by atoms with Crippen LogP contribution in [-0.2, 0) is 0 Å². The molecule has 3 aromatic rings. The van der Waals surface area contributed by atoms with Gasteiger partial charge in [0, 0.05) is 24.2 Å². The SMILES string of the molecule is Cc1ccccc1C(=O)N1CCC(N2C(=O)c3c(c(C)nn3-c3ccccc3)C2C2CC2)C1. The molecule has 6 nitrogen and oxygen atoms in total. The Labute approximate surface area is 193 Å². The summed E-state index contributed by atoms with van der Waals surface area (Å²) in [5, 5.41) is 4.77. The third kappa shape index (κ3) is 3.19. The number of nitrogens with zero attached hydrogens (tertiary/aromatic N) is 4. The molecule has 2 unspecified atom stereocenters. The van der Waals surface area contributed by atoms with Crippen molar-refractivity contribution in [1.29, 1.82) is 0 Å². The molecule has 2 atom stereocenters. The van der Waals surface area contributed by atoms with Crippen LogP contribution in [0.4, 0.5) is 0 Å². The fourth-order valence-corrected chi connectivity index (χ4v) is 5.65. The Balaban J connectivity index is 1.32. The van der Waals surface area contributed by atoms with Gasteiger partial charge in [-0.2, -0.15) is 5.10 Å². The maximum atomic E-state index is 13.9. The zero-order valence-electron chi connectivity index (χ0n) is 19.1. The number of aryl methyl sites for hydroxylation is 2. The lowest BCUT2D eigenvalue weighted by molar-refractivity contribution is 0.0579. The first kappa shape index (κ1) is 20.2. The molecule has 2 aliphatic heterocycles. The fourth-order valence-electron chi connectivity index (χ4n) is 5.65. The largest absolute Gasteiger partial charge is 0.336 e. The molecule has 1 saturated heterocycles. The number of hydrogen-bond acceptors (Lipinski definition) is 3. The van der Waals surface area contributed by atoms with Gasteiger partial charge >= 0.3 is 0 Å². The molecule has 0 spiro atoms. The third-order valence-corrected chi connectivity index (χ3v) is 7.43. The lowest BCUT2D eigenvalue weighted by Crippen LogP contribution is -2.42. The van der Waals surface area contributed by atoms with Crippen LogP contribution in [0.25, 0.3) is 5.69 Å². The molecule has 2 fully saturated rings. The minimum Gasteiger partial charge on any atom is -0.336 e. The molecule has 0 N–H and O–H groups in total. The van der Waals surface area contributed by atoms with Crippen LogP contribution in [0, 0.1) is 19.8 Å². The van der Waals surface area contributed by atoms with E-state index in [1.165, 1.54) is 0 Å². The van der Waals surface area contributed by atoms with Crippen LogP contribution in [0.15, 0.2) is 54.6 Å². The van der Waals surface area contributed by atoms with Gasteiger partial charge in [-0.15, -0.1) is 0 Å². The Kier molecular flexibility index (Phi) is 4.64. The van der Waals surface area contributed by atoms with Crippen molar-refractivity contribution in [3.8, 4) is 5.69 Å². The van der Waals surface area contributed by atoms with Crippen molar-refractivity contribution >= 4 is 11.8 Å². The minimum absolute atomic E-state index is 0.0343. The molecule has 3 aliphatic rings. The Morgan fingerprint density at radius 3 is 2.42 bits per heavy atom. The lowest BCUT2D eigenvalue weighted by atomic mass is 10.0. The molecule has 0 bridgehead atoms. The number of fused-ring (bicyclic) bond motifs is 1. The molecule has 6 heteroatoms. The second-order valence-corrected chi connectivity index (χ2v) is 9.60.